The third kappa shape index (κ3) is 27.7. The molecule has 13 nitrogen and oxygen atoms in total. The summed E-state index contributed by atoms with van der Waals surface area (Å²) >= 11 is 0. The van der Waals surface area contributed by atoms with E-state index in [-0.39, 0.29) is 49.2 Å². The van der Waals surface area contributed by atoms with Crippen molar-refractivity contribution in [2.75, 3.05) is 13.1 Å². The van der Waals surface area contributed by atoms with Crippen LogP contribution >= 0.6 is 0 Å². The minimum atomic E-state index is -1.17. The summed E-state index contributed by atoms with van der Waals surface area (Å²) in [4.78, 5) is 69.8. The zero-order chi connectivity index (χ0) is 35.3. The van der Waals surface area contributed by atoms with Gasteiger partial charge in [-0.1, -0.05) is 64.2 Å². The number of carbonyl (C=O) groups excluding carboxylic acids is 4. The van der Waals surface area contributed by atoms with Gasteiger partial charge >= 0.3 is 11.9 Å². The van der Waals surface area contributed by atoms with Crippen molar-refractivity contribution in [1.82, 2.24) is 16.0 Å². The molecule has 3 amide bonds. The van der Waals surface area contributed by atoms with Gasteiger partial charge in [-0.15, -0.1) is 0 Å². The van der Waals surface area contributed by atoms with E-state index in [2.05, 4.69) is 16.0 Å². The molecule has 0 unspecified atom stereocenters. The largest absolute Gasteiger partial charge is 0.481 e. The summed E-state index contributed by atoms with van der Waals surface area (Å²) in [5.74, 6) is -2.80. The molecular weight excluding hydrogens is 606 g/mol. The maximum Gasteiger partial charge on any atom is 0.326 e. The lowest BCUT2D eigenvalue weighted by atomic mass is 10.0. The number of rotatable bonds is 32. The molecule has 0 aromatic carbocycles. The van der Waals surface area contributed by atoms with Gasteiger partial charge in [0.05, 0.1) is 12.1 Å². The molecule has 0 aliphatic heterocycles. The minimum absolute atomic E-state index is 0.000967. The fourth-order valence-corrected chi connectivity index (χ4v) is 5.10. The van der Waals surface area contributed by atoms with Crippen molar-refractivity contribution < 1.29 is 39.0 Å². The van der Waals surface area contributed by atoms with E-state index in [0.29, 0.717) is 51.6 Å². The minimum Gasteiger partial charge on any atom is -0.481 e. The van der Waals surface area contributed by atoms with Crippen LogP contribution in [-0.4, -0.2) is 76.9 Å². The van der Waals surface area contributed by atoms with Gasteiger partial charge in [0, 0.05) is 32.4 Å². The zero-order valence-corrected chi connectivity index (χ0v) is 28.7. The van der Waals surface area contributed by atoms with Crippen LogP contribution in [-0.2, 0) is 28.8 Å². The lowest BCUT2D eigenvalue weighted by Crippen LogP contribution is -2.41. The number of ketones is 1. The van der Waals surface area contributed by atoms with Crippen LogP contribution < -0.4 is 27.4 Å². The van der Waals surface area contributed by atoms with Crippen molar-refractivity contribution in [3.05, 3.63) is 0 Å². The molecule has 0 bridgehead atoms. The molecule has 0 aromatic heterocycles. The topological polar surface area (TPSA) is 231 Å². The number of amides is 3. The van der Waals surface area contributed by atoms with E-state index in [1.807, 2.05) is 0 Å². The number of nitrogens with one attached hydrogen (secondary N) is 3. The van der Waals surface area contributed by atoms with Crippen molar-refractivity contribution in [1.29, 1.82) is 0 Å². The van der Waals surface area contributed by atoms with E-state index in [1.54, 1.807) is 0 Å². The third-order valence-electron chi connectivity index (χ3n) is 8.20. The van der Waals surface area contributed by atoms with Crippen molar-refractivity contribution in [2.45, 2.75) is 166 Å². The van der Waals surface area contributed by atoms with Gasteiger partial charge in [0.1, 0.15) is 11.8 Å². The Morgan fingerprint density at radius 1 is 0.532 bits per heavy atom. The summed E-state index contributed by atoms with van der Waals surface area (Å²) in [6, 6.07) is -2.23. The Balaban J connectivity index is 3.85. The van der Waals surface area contributed by atoms with Crippen LogP contribution in [0.3, 0.4) is 0 Å². The summed E-state index contributed by atoms with van der Waals surface area (Å²) in [6.07, 6.45) is 16.7. The Morgan fingerprint density at radius 2 is 1.00 bits per heavy atom. The summed E-state index contributed by atoms with van der Waals surface area (Å²) in [5, 5.41) is 26.2. The highest BCUT2D eigenvalue weighted by molar-refractivity contribution is 5.84. The van der Waals surface area contributed by atoms with Crippen molar-refractivity contribution in [3.63, 3.8) is 0 Å². The van der Waals surface area contributed by atoms with Crippen molar-refractivity contribution >= 4 is 35.4 Å². The molecule has 272 valence electrons. The lowest BCUT2D eigenvalue weighted by Gasteiger charge is -2.15. The second-order valence-electron chi connectivity index (χ2n) is 12.6. The van der Waals surface area contributed by atoms with Gasteiger partial charge in [0.15, 0.2) is 0 Å². The van der Waals surface area contributed by atoms with Crippen LogP contribution in [0.15, 0.2) is 0 Å². The smallest absolute Gasteiger partial charge is 0.326 e. The predicted molar refractivity (Wildman–Crippen MR) is 181 cm³/mol. The number of hydrogen-bond donors (Lipinski definition) is 7. The summed E-state index contributed by atoms with van der Waals surface area (Å²) in [6.45, 7) is 2.31. The van der Waals surface area contributed by atoms with E-state index in [1.165, 1.54) is 26.2 Å². The molecular formula is C34H63N5O8. The monoisotopic (exact) mass is 669 g/mol. The van der Waals surface area contributed by atoms with Gasteiger partial charge in [-0.25, -0.2) is 4.79 Å². The van der Waals surface area contributed by atoms with E-state index in [4.69, 9.17) is 16.6 Å². The molecule has 0 aliphatic carbocycles. The first-order chi connectivity index (χ1) is 22.4. The maximum atomic E-state index is 12.3. The van der Waals surface area contributed by atoms with Gasteiger partial charge in [-0.2, -0.15) is 0 Å². The van der Waals surface area contributed by atoms with Crippen molar-refractivity contribution in [3.8, 4) is 0 Å². The number of Topliss-reactive ketones (excluding diaryl/α,β-unsaturated/α-hetero) is 1. The second kappa shape index (κ2) is 29.1. The highest BCUT2D eigenvalue weighted by Gasteiger charge is 2.21. The Morgan fingerprint density at radius 3 is 1.49 bits per heavy atom. The molecule has 0 radical (unpaired) electrons. The fraction of sp³-hybridized carbons (Fsp3) is 0.824. The molecule has 47 heavy (non-hydrogen) atoms. The molecule has 13 heteroatoms. The third-order valence-corrected chi connectivity index (χ3v) is 8.20. The number of unbranched alkanes of at least 4 members (excludes halogenated alkanes) is 13. The molecule has 0 saturated carbocycles. The Kier molecular flexibility index (Phi) is 27.2. The SMILES string of the molecule is CC(=O)[C@@H](N)CCCCNC(=O)[C@@H](N)CCCCNC(=O)CC[C@H](NC(=O)CCCCCCCCCCCCCCC(=O)O)C(=O)O. The number of carboxylic acid groups (broad SMARTS) is 2. The molecule has 0 rings (SSSR count). The second-order valence-corrected chi connectivity index (χ2v) is 12.6. The summed E-state index contributed by atoms with van der Waals surface area (Å²) in [5.41, 5.74) is 11.6. The predicted octanol–water partition coefficient (Wildman–Crippen LogP) is 3.70. The highest BCUT2D eigenvalue weighted by atomic mass is 16.4. The molecule has 0 aromatic rings. The van der Waals surface area contributed by atoms with Crippen LogP contribution in [0, 0.1) is 0 Å². The van der Waals surface area contributed by atoms with E-state index >= 15 is 0 Å². The molecule has 9 N–H and O–H groups in total. The molecule has 0 fully saturated rings. The number of carboxylic acids is 2. The van der Waals surface area contributed by atoms with Crippen LogP contribution in [0.1, 0.15) is 148 Å². The van der Waals surface area contributed by atoms with Crippen LogP contribution in [0.5, 0.6) is 0 Å². The summed E-state index contributed by atoms with van der Waals surface area (Å²) in [7, 11) is 0. The first-order valence-corrected chi connectivity index (χ1v) is 17.7. The quantitative estimate of drug-likeness (QED) is 0.0513. The average molecular weight is 670 g/mol. The van der Waals surface area contributed by atoms with Gasteiger partial charge in [-0.05, 0) is 64.7 Å². The molecule has 3 atom stereocenters. The maximum absolute atomic E-state index is 12.3. The summed E-state index contributed by atoms with van der Waals surface area (Å²) < 4.78 is 0. The van der Waals surface area contributed by atoms with Crippen molar-refractivity contribution in [2.24, 2.45) is 11.5 Å². The van der Waals surface area contributed by atoms with Gasteiger partial charge < -0.3 is 37.6 Å². The Hall–Kier alpha value is -3.06. The first-order valence-electron chi connectivity index (χ1n) is 17.7. The molecule has 0 spiro atoms. The highest BCUT2D eigenvalue weighted by Crippen LogP contribution is 2.13. The Bertz CT molecular complexity index is 917. The number of hydrogen-bond acceptors (Lipinski definition) is 8. The van der Waals surface area contributed by atoms with Crippen LogP contribution in [0.4, 0.5) is 0 Å². The number of aliphatic carboxylic acids is 2. The molecule has 0 heterocycles. The van der Waals surface area contributed by atoms with E-state index < -0.39 is 30.1 Å². The van der Waals surface area contributed by atoms with Gasteiger partial charge in [0.2, 0.25) is 17.7 Å². The number of nitrogens with two attached hydrogens (primary N) is 2. The zero-order valence-electron chi connectivity index (χ0n) is 28.7. The standard InChI is InChI=1S/C34H63N5O8/c1-26(40)27(35)18-14-17-25-38-33(45)28(36)19-15-16-24-37-30(41)23-22-29(34(46)47)39-31(42)20-12-10-8-6-4-2-3-5-7-9-11-13-21-32(43)44/h27-29H,2-25,35-36H2,1H3,(H,37,41)(H,38,45)(H,39,42)(H,43,44)(H,46,47)/t27-,28-,29-/m0/s1. The fourth-order valence-electron chi connectivity index (χ4n) is 5.10. The first kappa shape index (κ1) is 43.9. The van der Waals surface area contributed by atoms with Crippen LogP contribution in [0.25, 0.3) is 0 Å². The molecule has 0 aliphatic rings. The van der Waals surface area contributed by atoms with Gasteiger partial charge in [-0.3, -0.25) is 24.0 Å². The van der Waals surface area contributed by atoms with Gasteiger partial charge in [0.25, 0.3) is 0 Å². The Labute approximate surface area is 281 Å². The molecule has 0 saturated heterocycles. The lowest BCUT2D eigenvalue weighted by molar-refractivity contribution is -0.142. The van der Waals surface area contributed by atoms with E-state index in [0.717, 1.165) is 57.8 Å². The van der Waals surface area contributed by atoms with E-state index in [9.17, 15) is 33.9 Å². The normalized spacial score (nSPS) is 12.9. The van der Waals surface area contributed by atoms with Crippen LogP contribution in [0.2, 0.25) is 0 Å². The average Bonchev–Trinajstić information content (AvgIpc) is 3.02. The number of carbonyl (C=O) groups is 6.